The Labute approximate surface area is 86.6 Å². The van der Waals surface area contributed by atoms with Crippen LogP contribution in [0.4, 0.5) is 0 Å². The summed E-state index contributed by atoms with van der Waals surface area (Å²) in [6.07, 6.45) is 0. The molecule has 0 bridgehead atoms. The minimum absolute atomic E-state index is 0.166. The van der Waals surface area contributed by atoms with Crippen molar-refractivity contribution in [3.8, 4) is 11.8 Å². The second kappa shape index (κ2) is 6.33. The molecule has 0 spiro atoms. The summed E-state index contributed by atoms with van der Waals surface area (Å²) >= 11 is 1.38. The Morgan fingerprint density at radius 3 is 3.14 bits per heavy atom. The van der Waals surface area contributed by atoms with Gasteiger partial charge in [-0.05, 0) is 17.4 Å². The van der Waals surface area contributed by atoms with Gasteiger partial charge in [0.05, 0.1) is 4.88 Å². The van der Waals surface area contributed by atoms with Gasteiger partial charge in [0.15, 0.2) is 0 Å². The van der Waals surface area contributed by atoms with Crippen LogP contribution in [-0.4, -0.2) is 26.3 Å². The SMILES string of the molecule is COCOCC#CC(=O)c1cccs1. The number of methoxy groups -OCH3 is 1. The van der Waals surface area contributed by atoms with Crippen LogP contribution in [0.3, 0.4) is 0 Å². The molecule has 0 N–H and O–H groups in total. The molecule has 0 aromatic carbocycles. The third-order valence-corrected chi connectivity index (χ3v) is 2.19. The van der Waals surface area contributed by atoms with Gasteiger partial charge in [0, 0.05) is 7.11 Å². The molecule has 1 heterocycles. The molecule has 1 aromatic rings. The number of thiophene rings is 1. The van der Waals surface area contributed by atoms with Gasteiger partial charge in [-0.3, -0.25) is 4.79 Å². The van der Waals surface area contributed by atoms with Gasteiger partial charge < -0.3 is 9.47 Å². The van der Waals surface area contributed by atoms with E-state index in [1.54, 1.807) is 6.07 Å². The summed E-state index contributed by atoms with van der Waals surface area (Å²) in [7, 11) is 1.53. The van der Waals surface area contributed by atoms with Gasteiger partial charge in [-0.1, -0.05) is 12.0 Å². The van der Waals surface area contributed by atoms with Crippen molar-refractivity contribution in [2.24, 2.45) is 0 Å². The van der Waals surface area contributed by atoms with Gasteiger partial charge in [-0.25, -0.2) is 0 Å². The summed E-state index contributed by atoms with van der Waals surface area (Å²) in [5.41, 5.74) is 0. The van der Waals surface area contributed by atoms with Crippen molar-refractivity contribution >= 4 is 17.1 Å². The van der Waals surface area contributed by atoms with Crippen LogP contribution in [0.15, 0.2) is 17.5 Å². The Bertz CT molecular complexity index is 332. The van der Waals surface area contributed by atoms with E-state index in [2.05, 4.69) is 16.6 Å². The van der Waals surface area contributed by atoms with E-state index in [0.29, 0.717) is 4.88 Å². The third kappa shape index (κ3) is 3.71. The molecule has 74 valence electrons. The first-order valence-electron chi connectivity index (χ1n) is 3.98. The van der Waals surface area contributed by atoms with Gasteiger partial charge in [0.1, 0.15) is 13.4 Å². The number of Topliss-reactive ketones (excluding diaryl/α,β-unsaturated/α-hetero) is 1. The van der Waals surface area contributed by atoms with Crippen molar-refractivity contribution in [2.45, 2.75) is 0 Å². The summed E-state index contributed by atoms with van der Waals surface area (Å²) < 4.78 is 9.55. The largest absolute Gasteiger partial charge is 0.359 e. The first-order valence-corrected chi connectivity index (χ1v) is 4.86. The first kappa shape index (κ1) is 10.9. The second-order valence-corrected chi connectivity index (χ2v) is 3.31. The molecule has 0 saturated carbocycles. The Morgan fingerprint density at radius 2 is 2.50 bits per heavy atom. The van der Waals surface area contributed by atoms with E-state index in [1.807, 2.05) is 11.4 Å². The van der Waals surface area contributed by atoms with E-state index in [-0.39, 0.29) is 19.2 Å². The molecule has 0 aliphatic heterocycles. The summed E-state index contributed by atoms with van der Waals surface area (Å²) in [5, 5.41) is 1.84. The molecule has 4 heteroatoms. The number of hydrogen-bond donors (Lipinski definition) is 0. The Morgan fingerprint density at radius 1 is 1.64 bits per heavy atom. The minimum atomic E-state index is -0.166. The van der Waals surface area contributed by atoms with E-state index in [1.165, 1.54) is 18.4 Å². The molecule has 0 atom stereocenters. The average Bonchev–Trinajstić information content (AvgIpc) is 2.70. The monoisotopic (exact) mass is 210 g/mol. The molecule has 3 nitrogen and oxygen atoms in total. The van der Waals surface area contributed by atoms with Gasteiger partial charge >= 0.3 is 0 Å². The van der Waals surface area contributed by atoms with Crippen molar-refractivity contribution in [1.29, 1.82) is 0 Å². The maximum absolute atomic E-state index is 11.3. The summed E-state index contributed by atoms with van der Waals surface area (Å²) in [6, 6.07) is 3.57. The third-order valence-electron chi connectivity index (χ3n) is 1.32. The predicted molar refractivity (Wildman–Crippen MR) is 54.3 cm³/mol. The molecule has 0 unspecified atom stereocenters. The lowest BCUT2D eigenvalue weighted by atomic mass is 10.3. The van der Waals surface area contributed by atoms with Crippen LogP contribution in [0.25, 0.3) is 0 Å². The van der Waals surface area contributed by atoms with Crippen molar-refractivity contribution in [1.82, 2.24) is 0 Å². The lowest BCUT2D eigenvalue weighted by Gasteiger charge is -1.93. The van der Waals surface area contributed by atoms with Crippen LogP contribution in [0.5, 0.6) is 0 Å². The second-order valence-electron chi connectivity index (χ2n) is 2.36. The topological polar surface area (TPSA) is 35.5 Å². The van der Waals surface area contributed by atoms with Crippen LogP contribution < -0.4 is 0 Å². The fraction of sp³-hybridized carbons (Fsp3) is 0.300. The predicted octanol–water partition coefficient (Wildman–Crippen LogP) is 1.55. The number of hydrogen-bond acceptors (Lipinski definition) is 4. The zero-order valence-electron chi connectivity index (χ0n) is 7.78. The number of carbonyl (C=O) groups excluding carboxylic acids is 1. The lowest BCUT2D eigenvalue weighted by molar-refractivity contribution is -0.0166. The molecule has 1 rings (SSSR count). The highest BCUT2D eigenvalue weighted by atomic mass is 32.1. The smallest absolute Gasteiger partial charge is 0.245 e. The lowest BCUT2D eigenvalue weighted by Crippen LogP contribution is -1.97. The van der Waals surface area contributed by atoms with Crippen molar-refractivity contribution in [3.05, 3.63) is 22.4 Å². The average molecular weight is 210 g/mol. The highest BCUT2D eigenvalue weighted by molar-refractivity contribution is 7.12. The maximum atomic E-state index is 11.3. The van der Waals surface area contributed by atoms with Gasteiger partial charge in [0.25, 0.3) is 0 Å². The Hall–Kier alpha value is -1.15. The quantitative estimate of drug-likeness (QED) is 0.249. The van der Waals surface area contributed by atoms with Gasteiger partial charge in [-0.15, -0.1) is 11.3 Å². The van der Waals surface area contributed by atoms with Crippen LogP contribution in [-0.2, 0) is 9.47 Å². The van der Waals surface area contributed by atoms with Crippen LogP contribution in [0.1, 0.15) is 9.67 Å². The normalized spacial score (nSPS) is 9.21. The van der Waals surface area contributed by atoms with E-state index >= 15 is 0 Å². The van der Waals surface area contributed by atoms with E-state index < -0.39 is 0 Å². The first-order chi connectivity index (χ1) is 6.84. The van der Waals surface area contributed by atoms with Crippen molar-refractivity contribution in [3.63, 3.8) is 0 Å². The molecule has 0 amide bonds. The molecule has 0 fully saturated rings. The summed E-state index contributed by atoms with van der Waals surface area (Å²) in [5.74, 6) is 4.93. The molecular formula is C10H10O3S. The number of ether oxygens (including phenoxy) is 2. The van der Waals surface area contributed by atoms with E-state index in [4.69, 9.17) is 4.74 Å². The zero-order chi connectivity index (χ0) is 10.2. The summed E-state index contributed by atoms with van der Waals surface area (Å²) in [6.45, 7) is 0.410. The Balaban J connectivity index is 2.33. The van der Waals surface area contributed by atoms with E-state index in [0.717, 1.165) is 0 Å². The molecule has 0 radical (unpaired) electrons. The van der Waals surface area contributed by atoms with Crippen LogP contribution >= 0.6 is 11.3 Å². The summed E-state index contributed by atoms with van der Waals surface area (Å²) in [4.78, 5) is 11.9. The van der Waals surface area contributed by atoms with E-state index in [9.17, 15) is 4.79 Å². The minimum Gasteiger partial charge on any atom is -0.359 e. The van der Waals surface area contributed by atoms with Crippen LogP contribution in [0.2, 0.25) is 0 Å². The maximum Gasteiger partial charge on any atom is 0.245 e. The van der Waals surface area contributed by atoms with Gasteiger partial charge in [0.2, 0.25) is 5.78 Å². The molecular weight excluding hydrogens is 200 g/mol. The molecule has 0 saturated heterocycles. The highest BCUT2D eigenvalue weighted by Gasteiger charge is 2.00. The van der Waals surface area contributed by atoms with Crippen LogP contribution in [0, 0.1) is 11.8 Å². The molecule has 1 aromatic heterocycles. The van der Waals surface area contributed by atoms with Crippen molar-refractivity contribution < 1.29 is 14.3 Å². The standard InChI is InChI=1S/C10H10O3S/c1-12-8-13-6-2-4-9(11)10-5-3-7-14-10/h3,5,7H,6,8H2,1H3. The fourth-order valence-corrected chi connectivity index (χ4v) is 1.38. The molecule has 0 aliphatic carbocycles. The number of rotatable bonds is 4. The number of carbonyl (C=O) groups is 1. The zero-order valence-corrected chi connectivity index (χ0v) is 8.60. The van der Waals surface area contributed by atoms with Gasteiger partial charge in [-0.2, -0.15) is 0 Å². The Kier molecular flexibility index (Phi) is 4.94. The number of ketones is 1. The highest BCUT2D eigenvalue weighted by Crippen LogP contribution is 2.08. The molecule has 0 aliphatic rings. The van der Waals surface area contributed by atoms with Crippen molar-refractivity contribution in [2.75, 3.05) is 20.5 Å². The molecule has 14 heavy (non-hydrogen) atoms. The fourth-order valence-electron chi connectivity index (χ4n) is 0.762.